The molecule has 19 heavy (non-hydrogen) atoms. The summed E-state index contributed by atoms with van der Waals surface area (Å²) < 4.78 is 24.5. The third kappa shape index (κ3) is 4.38. The quantitative estimate of drug-likeness (QED) is 0.906. The van der Waals surface area contributed by atoms with Crippen LogP contribution < -0.4 is 10.5 Å². The van der Waals surface area contributed by atoms with Crippen LogP contribution in [0.25, 0.3) is 12.2 Å². The summed E-state index contributed by atoms with van der Waals surface area (Å²) in [6.45, 7) is 0. The minimum absolute atomic E-state index is 0.535. The van der Waals surface area contributed by atoms with Crippen LogP contribution in [-0.4, -0.2) is 19.7 Å². The molecule has 1 heterocycles. The van der Waals surface area contributed by atoms with Crippen molar-refractivity contribution >= 4 is 44.3 Å². The summed E-state index contributed by atoms with van der Waals surface area (Å²) in [5, 5.41) is 2.40. The summed E-state index contributed by atoms with van der Waals surface area (Å²) in [6.07, 6.45) is 4.86. The topological polar surface area (TPSA) is 85.1 Å². The van der Waals surface area contributed by atoms with Crippen LogP contribution in [0.2, 0.25) is 0 Å². The fourth-order valence-electron chi connectivity index (χ4n) is 1.44. The fourth-order valence-corrected chi connectivity index (χ4v) is 2.53. The Labute approximate surface area is 115 Å². The lowest BCUT2D eigenvalue weighted by Crippen LogP contribution is -2.09. The van der Waals surface area contributed by atoms with Crippen molar-refractivity contribution in [2.24, 2.45) is 0 Å². The monoisotopic (exact) mass is 295 g/mol. The Morgan fingerprint density at radius 1 is 1.26 bits per heavy atom. The molecule has 5 nitrogen and oxygen atoms in total. The Hall–Kier alpha value is -1.86. The SMILES string of the molecule is CS(=O)(=O)Nc1ccc(C=Cc2csc(N)n2)cc1. The van der Waals surface area contributed by atoms with Crippen LogP contribution in [0.4, 0.5) is 10.8 Å². The van der Waals surface area contributed by atoms with Gasteiger partial charge in [-0.05, 0) is 23.8 Å². The van der Waals surface area contributed by atoms with Crippen molar-refractivity contribution in [1.29, 1.82) is 0 Å². The number of thiazole rings is 1. The fraction of sp³-hybridized carbons (Fsp3) is 0.0833. The Morgan fingerprint density at radius 3 is 2.47 bits per heavy atom. The first-order valence-electron chi connectivity index (χ1n) is 5.39. The minimum atomic E-state index is -3.23. The Kier molecular flexibility index (Phi) is 3.87. The molecule has 2 rings (SSSR count). The van der Waals surface area contributed by atoms with Gasteiger partial charge in [-0.3, -0.25) is 4.72 Å². The summed E-state index contributed by atoms with van der Waals surface area (Å²) in [5.41, 5.74) is 7.83. The lowest BCUT2D eigenvalue weighted by Gasteiger charge is -2.03. The Morgan fingerprint density at radius 2 is 1.95 bits per heavy atom. The molecule has 0 saturated carbocycles. The number of rotatable bonds is 4. The number of nitrogens with one attached hydrogen (secondary N) is 1. The van der Waals surface area contributed by atoms with Crippen molar-refractivity contribution in [2.75, 3.05) is 16.7 Å². The highest BCUT2D eigenvalue weighted by Gasteiger charge is 2.00. The van der Waals surface area contributed by atoms with Gasteiger partial charge in [0.2, 0.25) is 10.0 Å². The van der Waals surface area contributed by atoms with Crippen molar-refractivity contribution in [3.05, 3.63) is 40.9 Å². The second kappa shape index (κ2) is 5.41. The zero-order chi connectivity index (χ0) is 13.9. The molecule has 0 aliphatic heterocycles. The van der Waals surface area contributed by atoms with Crippen LogP contribution in [0.5, 0.6) is 0 Å². The van der Waals surface area contributed by atoms with E-state index in [1.165, 1.54) is 11.3 Å². The van der Waals surface area contributed by atoms with Gasteiger partial charge >= 0.3 is 0 Å². The third-order valence-corrected chi connectivity index (χ3v) is 3.50. The van der Waals surface area contributed by atoms with E-state index in [1.54, 1.807) is 12.1 Å². The largest absolute Gasteiger partial charge is 0.375 e. The van der Waals surface area contributed by atoms with Crippen LogP contribution in [-0.2, 0) is 10.0 Å². The van der Waals surface area contributed by atoms with E-state index in [4.69, 9.17) is 5.73 Å². The van der Waals surface area contributed by atoms with Gasteiger partial charge in [0, 0.05) is 11.1 Å². The van der Waals surface area contributed by atoms with E-state index in [0.717, 1.165) is 17.5 Å². The molecule has 0 fully saturated rings. The molecule has 0 radical (unpaired) electrons. The summed E-state index contributed by atoms with van der Waals surface area (Å²) in [5.74, 6) is 0. The Bertz CT molecular complexity index is 688. The average Bonchev–Trinajstić information content (AvgIpc) is 2.72. The van der Waals surface area contributed by atoms with Crippen molar-refractivity contribution in [3.63, 3.8) is 0 Å². The number of anilines is 2. The van der Waals surface area contributed by atoms with Gasteiger partial charge in [0.05, 0.1) is 11.9 Å². The molecule has 2 aromatic rings. The van der Waals surface area contributed by atoms with Crippen LogP contribution in [0, 0.1) is 0 Å². The highest BCUT2D eigenvalue weighted by atomic mass is 32.2. The lowest BCUT2D eigenvalue weighted by molar-refractivity contribution is 0.607. The molecular weight excluding hydrogens is 282 g/mol. The second-order valence-corrected chi connectivity index (χ2v) is 6.58. The van der Waals surface area contributed by atoms with E-state index in [0.29, 0.717) is 10.8 Å². The molecule has 0 unspecified atom stereocenters. The van der Waals surface area contributed by atoms with Gasteiger partial charge in [-0.25, -0.2) is 13.4 Å². The highest BCUT2D eigenvalue weighted by molar-refractivity contribution is 7.92. The maximum Gasteiger partial charge on any atom is 0.229 e. The molecule has 7 heteroatoms. The normalized spacial score (nSPS) is 11.8. The zero-order valence-corrected chi connectivity index (χ0v) is 11.8. The van der Waals surface area contributed by atoms with E-state index >= 15 is 0 Å². The van der Waals surface area contributed by atoms with Crippen molar-refractivity contribution in [1.82, 2.24) is 4.98 Å². The molecule has 0 saturated heterocycles. The van der Waals surface area contributed by atoms with E-state index in [9.17, 15) is 8.42 Å². The first-order valence-corrected chi connectivity index (χ1v) is 8.16. The molecule has 0 bridgehead atoms. The standard InChI is InChI=1S/C12H13N3O2S2/c1-19(16,17)15-10-5-2-9(3-6-10)4-7-11-8-18-12(13)14-11/h2-8,15H,1H3,(H2,13,14). The molecular formula is C12H13N3O2S2. The van der Waals surface area contributed by atoms with Gasteiger partial charge in [-0.1, -0.05) is 18.2 Å². The lowest BCUT2D eigenvalue weighted by atomic mass is 10.2. The predicted molar refractivity (Wildman–Crippen MR) is 80.4 cm³/mol. The zero-order valence-electron chi connectivity index (χ0n) is 10.2. The maximum atomic E-state index is 11.1. The molecule has 100 valence electrons. The predicted octanol–water partition coefficient (Wildman–Crippen LogP) is 2.27. The smallest absolute Gasteiger partial charge is 0.229 e. The molecule has 3 N–H and O–H groups in total. The van der Waals surface area contributed by atoms with Crippen molar-refractivity contribution in [3.8, 4) is 0 Å². The van der Waals surface area contributed by atoms with Crippen LogP contribution in [0.1, 0.15) is 11.3 Å². The van der Waals surface area contributed by atoms with E-state index in [1.807, 2.05) is 29.7 Å². The van der Waals surface area contributed by atoms with Gasteiger partial charge in [-0.15, -0.1) is 11.3 Å². The number of hydrogen-bond acceptors (Lipinski definition) is 5. The number of nitrogens with two attached hydrogens (primary N) is 1. The van der Waals surface area contributed by atoms with Crippen LogP contribution in [0.3, 0.4) is 0 Å². The molecule has 1 aromatic carbocycles. The number of sulfonamides is 1. The number of aromatic nitrogens is 1. The van der Waals surface area contributed by atoms with E-state index < -0.39 is 10.0 Å². The molecule has 0 atom stereocenters. The third-order valence-electron chi connectivity index (χ3n) is 2.20. The number of nitrogen functional groups attached to an aromatic ring is 1. The summed E-state index contributed by atoms with van der Waals surface area (Å²) in [6, 6.07) is 7.05. The highest BCUT2D eigenvalue weighted by Crippen LogP contribution is 2.16. The molecule has 0 spiro atoms. The van der Waals surface area contributed by atoms with Crippen molar-refractivity contribution in [2.45, 2.75) is 0 Å². The summed E-state index contributed by atoms with van der Waals surface area (Å²) >= 11 is 1.39. The van der Waals surface area contributed by atoms with Gasteiger partial charge in [-0.2, -0.15) is 0 Å². The molecule has 0 aliphatic carbocycles. The van der Waals surface area contributed by atoms with Gasteiger partial charge in [0.25, 0.3) is 0 Å². The van der Waals surface area contributed by atoms with Gasteiger partial charge < -0.3 is 5.73 Å². The first kappa shape index (κ1) is 13.6. The van der Waals surface area contributed by atoms with Gasteiger partial charge in [0.15, 0.2) is 5.13 Å². The van der Waals surface area contributed by atoms with E-state index in [2.05, 4.69) is 9.71 Å². The average molecular weight is 295 g/mol. The molecule has 0 amide bonds. The number of hydrogen-bond donors (Lipinski definition) is 2. The first-order chi connectivity index (χ1) is 8.92. The number of benzene rings is 1. The summed E-state index contributed by atoms with van der Waals surface area (Å²) in [4.78, 5) is 4.11. The van der Waals surface area contributed by atoms with Gasteiger partial charge in [0.1, 0.15) is 0 Å². The summed E-state index contributed by atoms with van der Waals surface area (Å²) in [7, 11) is -3.23. The minimum Gasteiger partial charge on any atom is -0.375 e. The Balaban J connectivity index is 2.08. The molecule has 0 aliphatic rings. The molecule has 1 aromatic heterocycles. The second-order valence-electron chi connectivity index (χ2n) is 3.94. The van der Waals surface area contributed by atoms with E-state index in [-0.39, 0.29) is 0 Å². The van der Waals surface area contributed by atoms with Crippen LogP contribution in [0.15, 0.2) is 29.6 Å². The maximum absolute atomic E-state index is 11.1. The number of nitrogens with zero attached hydrogens (tertiary/aromatic N) is 1. The van der Waals surface area contributed by atoms with Crippen molar-refractivity contribution < 1.29 is 8.42 Å². The van der Waals surface area contributed by atoms with Crippen LogP contribution >= 0.6 is 11.3 Å².